The number of carboxylic acids is 1. The summed E-state index contributed by atoms with van der Waals surface area (Å²) in [6, 6.07) is 1.46. The number of likely N-dealkylation sites (N-methyl/N-ethyl adjacent to an activating group) is 1. The van der Waals surface area contributed by atoms with E-state index in [9.17, 15) is 9.90 Å². The first kappa shape index (κ1) is 12.8. The number of aromatic nitrogens is 1. The molecule has 1 heterocycles. The molecule has 0 saturated heterocycles. The van der Waals surface area contributed by atoms with Crippen LogP contribution in [-0.4, -0.2) is 40.4 Å². The normalized spacial score (nSPS) is 23.7. The van der Waals surface area contributed by atoms with Crippen LogP contribution in [-0.2, 0) is 0 Å². The number of pyridine rings is 1. The largest absolute Gasteiger partial charge is 0.478 e. The van der Waals surface area contributed by atoms with E-state index in [4.69, 9.17) is 5.11 Å². The zero-order valence-electron chi connectivity index (χ0n) is 10.4. The SMILES string of the molecule is CN(c1cnccc1C(=O)O)C1CCCCC1O. The van der Waals surface area contributed by atoms with E-state index in [1.807, 2.05) is 11.9 Å². The van der Waals surface area contributed by atoms with Gasteiger partial charge in [-0.3, -0.25) is 4.98 Å². The van der Waals surface area contributed by atoms with Crippen LogP contribution in [0.4, 0.5) is 5.69 Å². The summed E-state index contributed by atoms with van der Waals surface area (Å²) in [5.41, 5.74) is 0.793. The van der Waals surface area contributed by atoms with Crippen LogP contribution < -0.4 is 4.90 Å². The zero-order valence-corrected chi connectivity index (χ0v) is 10.4. The molecule has 18 heavy (non-hydrogen) atoms. The van der Waals surface area contributed by atoms with Crippen LogP contribution in [0.3, 0.4) is 0 Å². The summed E-state index contributed by atoms with van der Waals surface area (Å²) in [5, 5.41) is 19.2. The molecule has 2 rings (SSSR count). The van der Waals surface area contributed by atoms with Gasteiger partial charge in [-0.2, -0.15) is 0 Å². The third-order valence-electron chi connectivity index (χ3n) is 3.60. The fraction of sp³-hybridized carbons (Fsp3) is 0.538. The summed E-state index contributed by atoms with van der Waals surface area (Å²) in [6.45, 7) is 0. The number of carbonyl (C=O) groups is 1. The van der Waals surface area contributed by atoms with Gasteiger partial charge in [-0.15, -0.1) is 0 Å². The smallest absolute Gasteiger partial charge is 0.337 e. The summed E-state index contributed by atoms with van der Waals surface area (Å²) >= 11 is 0. The molecular formula is C13H18N2O3. The number of hydrogen-bond acceptors (Lipinski definition) is 4. The predicted molar refractivity (Wildman–Crippen MR) is 67.9 cm³/mol. The molecule has 1 aliphatic rings. The highest BCUT2D eigenvalue weighted by atomic mass is 16.4. The number of nitrogens with zero attached hydrogens (tertiary/aromatic N) is 2. The van der Waals surface area contributed by atoms with Crippen molar-refractivity contribution in [3.05, 3.63) is 24.0 Å². The van der Waals surface area contributed by atoms with Crippen molar-refractivity contribution in [3.8, 4) is 0 Å². The molecule has 2 unspecified atom stereocenters. The second kappa shape index (κ2) is 5.35. The van der Waals surface area contributed by atoms with E-state index in [2.05, 4.69) is 4.98 Å². The van der Waals surface area contributed by atoms with Crippen LogP contribution in [0, 0.1) is 0 Å². The van der Waals surface area contributed by atoms with E-state index in [0.717, 1.165) is 25.7 Å². The summed E-state index contributed by atoms with van der Waals surface area (Å²) in [5.74, 6) is -0.968. The highest BCUT2D eigenvalue weighted by Crippen LogP contribution is 2.28. The third-order valence-corrected chi connectivity index (χ3v) is 3.60. The average molecular weight is 250 g/mol. The summed E-state index contributed by atoms with van der Waals surface area (Å²) in [4.78, 5) is 17.0. The molecule has 0 aliphatic heterocycles. The lowest BCUT2D eigenvalue weighted by Gasteiger charge is -2.36. The lowest BCUT2D eigenvalue weighted by Crippen LogP contribution is -2.44. The van der Waals surface area contributed by atoms with Gasteiger partial charge < -0.3 is 15.1 Å². The third kappa shape index (κ3) is 2.46. The molecule has 1 aliphatic carbocycles. The lowest BCUT2D eigenvalue weighted by molar-refractivity contribution is 0.0695. The molecule has 0 aromatic carbocycles. The maximum absolute atomic E-state index is 11.2. The Bertz CT molecular complexity index is 436. The van der Waals surface area contributed by atoms with Crippen molar-refractivity contribution in [2.75, 3.05) is 11.9 Å². The Kier molecular flexibility index (Phi) is 3.81. The predicted octanol–water partition coefficient (Wildman–Crippen LogP) is 1.52. The Morgan fingerprint density at radius 2 is 2.17 bits per heavy atom. The van der Waals surface area contributed by atoms with E-state index in [-0.39, 0.29) is 11.6 Å². The number of rotatable bonds is 3. The van der Waals surface area contributed by atoms with Crippen LogP contribution in [0.2, 0.25) is 0 Å². The van der Waals surface area contributed by atoms with Crippen molar-refractivity contribution >= 4 is 11.7 Å². The second-order valence-corrected chi connectivity index (χ2v) is 4.73. The van der Waals surface area contributed by atoms with Gasteiger partial charge in [-0.05, 0) is 18.9 Å². The Labute approximate surface area is 106 Å². The minimum absolute atomic E-state index is 0.0268. The molecule has 2 atom stereocenters. The highest BCUT2D eigenvalue weighted by Gasteiger charge is 2.28. The van der Waals surface area contributed by atoms with Crippen molar-refractivity contribution in [1.29, 1.82) is 0 Å². The van der Waals surface area contributed by atoms with Gasteiger partial charge >= 0.3 is 5.97 Å². The molecule has 5 nitrogen and oxygen atoms in total. The first-order chi connectivity index (χ1) is 8.61. The first-order valence-electron chi connectivity index (χ1n) is 6.19. The molecule has 98 valence electrons. The standard InChI is InChI=1S/C13H18N2O3/c1-15(10-4-2-3-5-12(10)16)11-8-14-7-6-9(11)13(17)18/h6-8,10,12,16H,2-5H2,1H3,(H,17,18). The van der Waals surface area contributed by atoms with Crippen LogP contribution in [0.1, 0.15) is 36.0 Å². The first-order valence-corrected chi connectivity index (χ1v) is 6.19. The van der Waals surface area contributed by atoms with Gasteiger partial charge in [-0.1, -0.05) is 12.8 Å². The van der Waals surface area contributed by atoms with Crippen molar-refractivity contribution in [2.45, 2.75) is 37.8 Å². The van der Waals surface area contributed by atoms with Crippen molar-refractivity contribution in [1.82, 2.24) is 4.98 Å². The van der Waals surface area contributed by atoms with E-state index in [1.165, 1.54) is 12.3 Å². The van der Waals surface area contributed by atoms with Crippen molar-refractivity contribution < 1.29 is 15.0 Å². The minimum atomic E-state index is -0.968. The van der Waals surface area contributed by atoms with E-state index < -0.39 is 12.1 Å². The average Bonchev–Trinajstić information content (AvgIpc) is 2.38. The molecule has 1 aromatic heterocycles. The summed E-state index contributed by atoms with van der Waals surface area (Å²) in [6.07, 6.45) is 6.37. The van der Waals surface area contributed by atoms with E-state index in [1.54, 1.807) is 6.20 Å². The number of aliphatic hydroxyl groups excluding tert-OH is 1. The highest BCUT2D eigenvalue weighted by molar-refractivity contribution is 5.94. The monoisotopic (exact) mass is 250 g/mol. The Balaban J connectivity index is 2.27. The van der Waals surface area contributed by atoms with Crippen molar-refractivity contribution in [3.63, 3.8) is 0 Å². The Morgan fingerprint density at radius 3 is 2.83 bits per heavy atom. The molecule has 0 bridgehead atoms. The van der Waals surface area contributed by atoms with Crippen LogP contribution >= 0.6 is 0 Å². The van der Waals surface area contributed by atoms with Gasteiger partial charge in [-0.25, -0.2) is 4.79 Å². The minimum Gasteiger partial charge on any atom is -0.478 e. The fourth-order valence-corrected chi connectivity index (χ4v) is 2.57. The molecule has 0 radical (unpaired) electrons. The Morgan fingerprint density at radius 1 is 1.44 bits per heavy atom. The maximum atomic E-state index is 11.2. The molecule has 5 heteroatoms. The van der Waals surface area contributed by atoms with E-state index >= 15 is 0 Å². The van der Waals surface area contributed by atoms with E-state index in [0.29, 0.717) is 5.69 Å². The fourth-order valence-electron chi connectivity index (χ4n) is 2.57. The number of aliphatic hydroxyl groups is 1. The molecule has 1 aromatic rings. The van der Waals surface area contributed by atoms with Gasteiger partial charge in [0.25, 0.3) is 0 Å². The van der Waals surface area contributed by atoms with Crippen molar-refractivity contribution in [2.24, 2.45) is 0 Å². The van der Waals surface area contributed by atoms with Gasteiger partial charge in [0.15, 0.2) is 0 Å². The summed E-state index contributed by atoms with van der Waals surface area (Å²) in [7, 11) is 1.82. The van der Waals surface area contributed by atoms with Gasteiger partial charge in [0.05, 0.1) is 29.6 Å². The van der Waals surface area contributed by atoms with Gasteiger partial charge in [0.2, 0.25) is 0 Å². The molecular weight excluding hydrogens is 232 g/mol. The molecule has 1 saturated carbocycles. The quantitative estimate of drug-likeness (QED) is 0.850. The number of hydrogen-bond donors (Lipinski definition) is 2. The van der Waals surface area contributed by atoms with Gasteiger partial charge in [0.1, 0.15) is 0 Å². The maximum Gasteiger partial charge on any atom is 0.337 e. The molecule has 2 N–H and O–H groups in total. The lowest BCUT2D eigenvalue weighted by atomic mass is 9.91. The number of carboxylic acid groups (broad SMARTS) is 1. The van der Waals surface area contributed by atoms with Crippen LogP contribution in [0.5, 0.6) is 0 Å². The topological polar surface area (TPSA) is 73.7 Å². The van der Waals surface area contributed by atoms with Crippen LogP contribution in [0.15, 0.2) is 18.5 Å². The number of aromatic carboxylic acids is 1. The summed E-state index contributed by atoms with van der Waals surface area (Å²) < 4.78 is 0. The molecule has 0 amide bonds. The van der Waals surface area contributed by atoms with Gasteiger partial charge in [0, 0.05) is 13.2 Å². The second-order valence-electron chi connectivity index (χ2n) is 4.73. The number of anilines is 1. The zero-order chi connectivity index (χ0) is 13.1. The molecule has 1 fully saturated rings. The molecule has 0 spiro atoms. The van der Waals surface area contributed by atoms with Crippen LogP contribution in [0.25, 0.3) is 0 Å². The Hall–Kier alpha value is -1.62.